The maximum atomic E-state index is 11.6. The van der Waals surface area contributed by atoms with Crippen LogP contribution < -0.4 is 5.32 Å². The molecule has 1 aromatic rings. The average Bonchev–Trinajstić information content (AvgIpc) is 2.75. The first-order valence-electron chi connectivity index (χ1n) is 6.67. The van der Waals surface area contributed by atoms with Gasteiger partial charge < -0.3 is 9.84 Å². The Labute approximate surface area is 113 Å². The van der Waals surface area contributed by atoms with Gasteiger partial charge in [0.1, 0.15) is 0 Å². The molecule has 2 heterocycles. The van der Waals surface area contributed by atoms with Crippen molar-refractivity contribution in [2.45, 2.75) is 38.6 Å². The van der Waals surface area contributed by atoms with Crippen molar-refractivity contribution in [2.75, 3.05) is 18.6 Å². The van der Waals surface area contributed by atoms with Gasteiger partial charge in [-0.1, -0.05) is 5.16 Å². The average molecular weight is 287 g/mol. The van der Waals surface area contributed by atoms with E-state index in [1.54, 1.807) is 0 Å². The Bertz CT molecular complexity index is 512. The summed E-state index contributed by atoms with van der Waals surface area (Å²) in [4.78, 5) is 4.33. The molecule has 2 unspecified atom stereocenters. The summed E-state index contributed by atoms with van der Waals surface area (Å²) in [5, 5.41) is 7.04. The van der Waals surface area contributed by atoms with Gasteiger partial charge in [-0.25, -0.2) is 8.42 Å². The van der Waals surface area contributed by atoms with Crippen molar-refractivity contribution < 1.29 is 12.9 Å². The topological polar surface area (TPSA) is 85.1 Å². The van der Waals surface area contributed by atoms with Crippen LogP contribution in [0.15, 0.2) is 4.52 Å². The van der Waals surface area contributed by atoms with E-state index in [0.29, 0.717) is 36.4 Å². The van der Waals surface area contributed by atoms with Crippen molar-refractivity contribution in [3.8, 4) is 0 Å². The zero-order chi connectivity index (χ0) is 13.9. The van der Waals surface area contributed by atoms with Crippen LogP contribution in [0.4, 0.5) is 0 Å². The standard InChI is InChI=1S/C12H21N3O3S/c1-9(13-2)6-11-14-12(18-15-11)7-10-4-3-5-19(16,17)8-10/h9-10,13H,3-8H2,1-2H3. The van der Waals surface area contributed by atoms with E-state index < -0.39 is 9.84 Å². The maximum absolute atomic E-state index is 11.6. The van der Waals surface area contributed by atoms with Gasteiger partial charge in [-0.15, -0.1) is 0 Å². The van der Waals surface area contributed by atoms with E-state index in [1.165, 1.54) is 0 Å². The summed E-state index contributed by atoms with van der Waals surface area (Å²) in [7, 11) is -0.981. The number of nitrogens with zero attached hydrogens (tertiary/aromatic N) is 2. The SMILES string of the molecule is CNC(C)Cc1noc(CC2CCCS(=O)(=O)C2)n1. The summed E-state index contributed by atoms with van der Waals surface area (Å²) < 4.78 is 28.3. The highest BCUT2D eigenvalue weighted by Crippen LogP contribution is 2.21. The molecule has 0 amide bonds. The van der Waals surface area contributed by atoms with Gasteiger partial charge >= 0.3 is 0 Å². The molecule has 1 N–H and O–H groups in total. The van der Waals surface area contributed by atoms with Crippen molar-refractivity contribution in [3.05, 3.63) is 11.7 Å². The van der Waals surface area contributed by atoms with Gasteiger partial charge in [-0.3, -0.25) is 0 Å². The molecule has 1 aromatic heterocycles. The molecule has 0 aromatic carbocycles. The highest BCUT2D eigenvalue weighted by Gasteiger charge is 2.26. The molecule has 2 rings (SSSR count). The van der Waals surface area contributed by atoms with Gasteiger partial charge in [0.2, 0.25) is 5.89 Å². The molecule has 19 heavy (non-hydrogen) atoms. The Morgan fingerprint density at radius 1 is 1.53 bits per heavy atom. The van der Waals surface area contributed by atoms with Crippen molar-refractivity contribution in [3.63, 3.8) is 0 Å². The Balaban J connectivity index is 1.92. The molecule has 0 radical (unpaired) electrons. The van der Waals surface area contributed by atoms with Gasteiger partial charge in [0.25, 0.3) is 0 Å². The van der Waals surface area contributed by atoms with Gasteiger partial charge in [-0.05, 0) is 32.7 Å². The molecule has 7 heteroatoms. The van der Waals surface area contributed by atoms with Crippen LogP contribution >= 0.6 is 0 Å². The zero-order valence-corrected chi connectivity index (χ0v) is 12.2. The largest absolute Gasteiger partial charge is 0.339 e. The van der Waals surface area contributed by atoms with Crippen molar-refractivity contribution in [1.82, 2.24) is 15.5 Å². The molecule has 0 spiro atoms. The third-order valence-corrected chi connectivity index (χ3v) is 5.40. The Morgan fingerprint density at radius 3 is 3.00 bits per heavy atom. The lowest BCUT2D eigenvalue weighted by atomic mass is 10.0. The van der Waals surface area contributed by atoms with E-state index in [1.807, 2.05) is 14.0 Å². The van der Waals surface area contributed by atoms with E-state index in [9.17, 15) is 8.42 Å². The molecule has 1 fully saturated rings. The minimum atomic E-state index is -2.87. The maximum Gasteiger partial charge on any atom is 0.226 e. The summed E-state index contributed by atoms with van der Waals surface area (Å²) in [6, 6.07) is 0.292. The predicted molar refractivity (Wildman–Crippen MR) is 71.6 cm³/mol. The van der Waals surface area contributed by atoms with Crippen LogP contribution in [0.25, 0.3) is 0 Å². The smallest absolute Gasteiger partial charge is 0.226 e. The monoisotopic (exact) mass is 287 g/mol. The molecule has 0 bridgehead atoms. The molecular weight excluding hydrogens is 266 g/mol. The van der Waals surface area contributed by atoms with E-state index in [0.717, 1.165) is 12.8 Å². The molecule has 2 atom stereocenters. The second-order valence-corrected chi connectivity index (χ2v) is 7.55. The lowest BCUT2D eigenvalue weighted by molar-refractivity contribution is 0.345. The molecular formula is C12H21N3O3S. The minimum absolute atomic E-state index is 0.119. The molecule has 1 aliphatic rings. The van der Waals surface area contributed by atoms with E-state index in [2.05, 4.69) is 15.5 Å². The van der Waals surface area contributed by atoms with E-state index in [4.69, 9.17) is 4.52 Å². The second-order valence-electron chi connectivity index (χ2n) is 5.32. The molecule has 1 aliphatic heterocycles. The molecule has 1 saturated heterocycles. The van der Waals surface area contributed by atoms with Gasteiger partial charge in [0.05, 0.1) is 11.5 Å². The van der Waals surface area contributed by atoms with Crippen molar-refractivity contribution in [1.29, 1.82) is 0 Å². The second kappa shape index (κ2) is 6.00. The fourth-order valence-electron chi connectivity index (χ4n) is 2.36. The van der Waals surface area contributed by atoms with Gasteiger partial charge in [-0.2, -0.15) is 4.98 Å². The summed E-state index contributed by atoms with van der Waals surface area (Å²) in [6.07, 6.45) is 2.94. The first-order valence-corrected chi connectivity index (χ1v) is 8.50. The third kappa shape index (κ3) is 4.28. The van der Waals surface area contributed by atoms with Crippen LogP contribution in [0.2, 0.25) is 0 Å². The predicted octanol–water partition coefficient (Wildman–Crippen LogP) is 0.587. The third-order valence-electron chi connectivity index (χ3n) is 3.51. The number of likely N-dealkylation sites (N-methyl/N-ethyl adjacent to an activating group) is 1. The van der Waals surface area contributed by atoms with Crippen molar-refractivity contribution in [2.24, 2.45) is 5.92 Å². The van der Waals surface area contributed by atoms with Crippen LogP contribution in [0, 0.1) is 5.92 Å². The zero-order valence-electron chi connectivity index (χ0n) is 11.4. The van der Waals surface area contributed by atoms with Crippen molar-refractivity contribution >= 4 is 9.84 Å². The highest BCUT2D eigenvalue weighted by molar-refractivity contribution is 7.91. The van der Waals surface area contributed by atoms with Crippen LogP contribution in [-0.2, 0) is 22.7 Å². The van der Waals surface area contributed by atoms with Crippen LogP contribution in [0.3, 0.4) is 0 Å². The lowest BCUT2D eigenvalue weighted by Crippen LogP contribution is -2.26. The first kappa shape index (κ1) is 14.5. The minimum Gasteiger partial charge on any atom is -0.339 e. The van der Waals surface area contributed by atoms with Gasteiger partial charge in [0.15, 0.2) is 15.7 Å². The quantitative estimate of drug-likeness (QED) is 0.853. The molecule has 0 saturated carbocycles. The Morgan fingerprint density at radius 2 is 2.32 bits per heavy atom. The number of nitrogens with one attached hydrogen (secondary N) is 1. The summed E-state index contributed by atoms with van der Waals surface area (Å²) in [5.41, 5.74) is 0. The Hall–Kier alpha value is -0.950. The van der Waals surface area contributed by atoms with E-state index in [-0.39, 0.29) is 11.7 Å². The first-order chi connectivity index (χ1) is 8.98. The number of rotatable bonds is 5. The number of hydrogen-bond acceptors (Lipinski definition) is 6. The van der Waals surface area contributed by atoms with Crippen LogP contribution in [0.1, 0.15) is 31.5 Å². The fourth-order valence-corrected chi connectivity index (χ4v) is 4.13. The fraction of sp³-hybridized carbons (Fsp3) is 0.833. The molecule has 6 nitrogen and oxygen atoms in total. The van der Waals surface area contributed by atoms with Crippen LogP contribution in [-0.4, -0.2) is 43.2 Å². The number of hydrogen-bond donors (Lipinski definition) is 1. The number of sulfone groups is 1. The summed E-state index contributed by atoms with van der Waals surface area (Å²) in [6.45, 7) is 2.05. The van der Waals surface area contributed by atoms with E-state index >= 15 is 0 Å². The lowest BCUT2D eigenvalue weighted by Gasteiger charge is -2.19. The summed E-state index contributed by atoms with van der Waals surface area (Å²) >= 11 is 0. The van der Waals surface area contributed by atoms with Gasteiger partial charge in [0, 0.05) is 18.9 Å². The highest BCUT2D eigenvalue weighted by atomic mass is 32.2. The number of aromatic nitrogens is 2. The normalized spacial score (nSPS) is 24.2. The molecule has 0 aliphatic carbocycles. The Kier molecular flexibility index (Phi) is 4.57. The van der Waals surface area contributed by atoms with Crippen LogP contribution in [0.5, 0.6) is 0 Å². The molecule has 108 valence electrons. The summed E-state index contributed by atoms with van der Waals surface area (Å²) in [5.74, 6) is 1.92.